The molecule has 0 bridgehead atoms. The molecule has 3 aromatic heterocycles. The number of para-hydroxylation sites is 2. The van der Waals surface area contributed by atoms with Crippen molar-refractivity contribution in [3.05, 3.63) is 145 Å². The van der Waals surface area contributed by atoms with Crippen molar-refractivity contribution in [1.29, 1.82) is 0 Å². The van der Waals surface area contributed by atoms with E-state index in [0.29, 0.717) is 11.8 Å². The van der Waals surface area contributed by atoms with Gasteiger partial charge in [-0.05, 0) is 64.2 Å². The Labute approximate surface area is 322 Å². The summed E-state index contributed by atoms with van der Waals surface area (Å²) in [5.41, 5.74) is 9.67. The van der Waals surface area contributed by atoms with Gasteiger partial charge < -0.3 is 14.0 Å². The summed E-state index contributed by atoms with van der Waals surface area (Å²) >= 11 is 0. The fourth-order valence-electron chi connectivity index (χ4n) is 6.77. The second kappa shape index (κ2) is 15.6. The van der Waals surface area contributed by atoms with Gasteiger partial charge in [0.25, 0.3) is 0 Å². The predicted octanol–water partition coefficient (Wildman–Crippen LogP) is 11.8. The van der Waals surface area contributed by atoms with Crippen LogP contribution in [0.1, 0.15) is 44.7 Å². The van der Waals surface area contributed by atoms with E-state index in [1.807, 2.05) is 24.3 Å². The zero-order valence-corrected chi connectivity index (χ0v) is 34.4. The first-order chi connectivity index (χ1) is 24.6. The normalized spacial score (nSPS) is 11.6. The third-order valence-electron chi connectivity index (χ3n) is 9.39. The number of aromatic nitrogens is 3. The molecule has 3 heterocycles. The fourth-order valence-corrected chi connectivity index (χ4v) is 8.36. The van der Waals surface area contributed by atoms with Crippen molar-refractivity contribution in [2.45, 2.75) is 59.7 Å². The molecule has 0 saturated heterocycles. The van der Waals surface area contributed by atoms with Crippen LogP contribution in [-0.2, 0) is 26.5 Å². The minimum absolute atomic E-state index is 0. The molecular weight excluding hydrogens is 831 g/mol. The number of furan rings is 1. The van der Waals surface area contributed by atoms with Gasteiger partial charge in [-0.15, -0.1) is 42.0 Å². The number of fused-ring (bicyclic) bond motifs is 3. The SMILES string of the molecule is CC(C)Cc1cc(-c2[c-]cccc2)ncc1[Si](C)(C)C.CC(C)c1ccc2c(-c3nc4ccccc4n3-c3ccc4ccccc4c3)[c-]oc2c1.[Ir]. The van der Waals surface area contributed by atoms with Crippen LogP contribution < -0.4 is 5.19 Å². The molecule has 0 spiro atoms. The Balaban J connectivity index is 0.000000193. The second-order valence-corrected chi connectivity index (χ2v) is 20.2. The standard InChI is InChI=1S/C28H21N2O.C18H24NSi.Ir/c1-18(2)20-12-14-23-24(17-31-27(23)16-20)28-29-25-9-5-6-10-26(25)30(28)22-13-11-19-7-3-4-8-21(19)15-22;1-14(2)11-16-12-17(15-9-7-6-8-10-15)19-13-18(16)20(3,4)5;/h3-16,18H,1-2H3;6-9,12-14H,11H2,1-5H3;/q2*-1;. The molecule has 1 radical (unpaired) electrons. The van der Waals surface area contributed by atoms with Crippen LogP contribution in [0.25, 0.3) is 61.1 Å². The molecule has 52 heavy (non-hydrogen) atoms. The Morgan fingerprint density at radius 2 is 1.54 bits per heavy atom. The molecule has 0 amide bonds. The van der Waals surface area contributed by atoms with Gasteiger partial charge >= 0.3 is 0 Å². The first-order valence-corrected chi connectivity index (χ1v) is 21.4. The largest absolute Gasteiger partial charge is 0.557 e. The topological polar surface area (TPSA) is 43.9 Å². The van der Waals surface area contributed by atoms with Gasteiger partial charge in [-0.2, -0.15) is 0 Å². The maximum atomic E-state index is 5.87. The summed E-state index contributed by atoms with van der Waals surface area (Å²) in [5.74, 6) is 1.95. The smallest absolute Gasteiger partial charge is 0.0798 e. The molecule has 0 aliphatic carbocycles. The summed E-state index contributed by atoms with van der Waals surface area (Å²) in [4.78, 5) is 9.68. The van der Waals surface area contributed by atoms with Crippen molar-refractivity contribution in [2.24, 2.45) is 5.92 Å². The van der Waals surface area contributed by atoms with E-state index in [2.05, 4.69) is 166 Å². The monoisotopic (exact) mass is 876 g/mol. The molecule has 0 fully saturated rings. The Hall–Kier alpha value is -4.61. The summed E-state index contributed by atoms with van der Waals surface area (Å²) < 4.78 is 8.08. The van der Waals surface area contributed by atoms with Crippen LogP contribution in [0.5, 0.6) is 0 Å². The second-order valence-electron chi connectivity index (χ2n) is 15.1. The van der Waals surface area contributed by atoms with Crippen LogP contribution in [0, 0.1) is 18.2 Å². The zero-order valence-electron chi connectivity index (χ0n) is 31.0. The zero-order chi connectivity index (χ0) is 35.7. The third kappa shape index (κ3) is 7.75. The number of rotatable bonds is 7. The van der Waals surface area contributed by atoms with Crippen molar-refractivity contribution in [1.82, 2.24) is 14.5 Å². The summed E-state index contributed by atoms with van der Waals surface area (Å²) in [6.45, 7) is 16.1. The van der Waals surface area contributed by atoms with Gasteiger partial charge in [0.1, 0.15) is 0 Å². The van der Waals surface area contributed by atoms with Gasteiger partial charge in [-0.1, -0.05) is 130 Å². The van der Waals surface area contributed by atoms with E-state index in [-0.39, 0.29) is 20.1 Å². The minimum Gasteiger partial charge on any atom is -0.557 e. The Morgan fingerprint density at radius 1 is 0.788 bits per heavy atom. The van der Waals surface area contributed by atoms with Gasteiger partial charge in [0.15, 0.2) is 0 Å². The summed E-state index contributed by atoms with van der Waals surface area (Å²) in [6.07, 6.45) is 6.38. The average molecular weight is 876 g/mol. The summed E-state index contributed by atoms with van der Waals surface area (Å²) in [7, 11) is -1.34. The molecule has 8 aromatic rings. The maximum absolute atomic E-state index is 5.87. The first kappa shape index (κ1) is 37.2. The van der Waals surface area contributed by atoms with Crippen LogP contribution in [0.3, 0.4) is 0 Å². The van der Waals surface area contributed by atoms with Crippen LogP contribution in [0.2, 0.25) is 19.6 Å². The first-order valence-electron chi connectivity index (χ1n) is 17.9. The molecule has 265 valence electrons. The Kier molecular flexibility index (Phi) is 11.1. The fraction of sp³-hybridized carbons (Fsp3) is 0.217. The van der Waals surface area contributed by atoms with Gasteiger partial charge in [-0.25, -0.2) is 0 Å². The van der Waals surface area contributed by atoms with Crippen molar-refractivity contribution in [3.8, 4) is 28.3 Å². The molecule has 6 heteroatoms. The molecule has 0 aliphatic heterocycles. The molecular formula is C46H45IrN3OSi-2. The quantitative estimate of drug-likeness (QED) is 0.118. The van der Waals surface area contributed by atoms with Crippen LogP contribution in [-0.4, -0.2) is 22.6 Å². The van der Waals surface area contributed by atoms with E-state index < -0.39 is 8.07 Å². The molecule has 0 saturated carbocycles. The minimum atomic E-state index is -1.34. The number of hydrogen-bond donors (Lipinski definition) is 0. The average Bonchev–Trinajstić information content (AvgIpc) is 3.72. The van der Waals surface area contributed by atoms with E-state index in [1.165, 1.54) is 27.1 Å². The molecule has 4 nitrogen and oxygen atoms in total. The predicted molar refractivity (Wildman–Crippen MR) is 217 cm³/mol. The molecule has 5 aromatic carbocycles. The van der Waals surface area contributed by atoms with Gasteiger partial charge in [0.2, 0.25) is 0 Å². The van der Waals surface area contributed by atoms with E-state index in [1.54, 1.807) is 0 Å². The Bertz CT molecular complexity index is 2450. The number of pyridine rings is 1. The van der Waals surface area contributed by atoms with E-state index in [0.717, 1.165) is 56.8 Å². The van der Waals surface area contributed by atoms with Crippen molar-refractivity contribution >= 4 is 46.0 Å². The molecule has 0 aliphatic rings. The third-order valence-corrected chi connectivity index (χ3v) is 11.5. The number of hydrogen-bond acceptors (Lipinski definition) is 3. The molecule has 0 N–H and O–H groups in total. The van der Waals surface area contributed by atoms with E-state index in [9.17, 15) is 0 Å². The van der Waals surface area contributed by atoms with Crippen LogP contribution >= 0.6 is 0 Å². The number of benzene rings is 5. The molecule has 0 atom stereocenters. The van der Waals surface area contributed by atoms with Gasteiger partial charge in [-0.3, -0.25) is 4.98 Å². The van der Waals surface area contributed by atoms with E-state index >= 15 is 0 Å². The van der Waals surface area contributed by atoms with Crippen molar-refractivity contribution in [2.75, 3.05) is 0 Å². The van der Waals surface area contributed by atoms with Gasteiger partial charge in [0, 0.05) is 43.8 Å². The van der Waals surface area contributed by atoms with Gasteiger partial charge in [0.05, 0.1) is 24.9 Å². The van der Waals surface area contributed by atoms with Crippen molar-refractivity contribution in [3.63, 3.8) is 0 Å². The summed E-state index contributed by atoms with van der Waals surface area (Å²) in [6, 6.07) is 43.2. The Morgan fingerprint density at radius 3 is 2.27 bits per heavy atom. The van der Waals surface area contributed by atoms with E-state index in [4.69, 9.17) is 9.40 Å². The van der Waals surface area contributed by atoms with Crippen LogP contribution in [0.4, 0.5) is 0 Å². The molecule has 0 unspecified atom stereocenters. The number of imidazole rings is 1. The summed E-state index contributed by atoms with van der Waals surface area (Å²) in [5, 5.41) is 4.94. The number of nitrogens with zero attached hydrogens (tertiary/aromatic N) is 3. The molecule has 8 rings (SSSR count). The van der Waals surface area contributed by atoms with Crippen LogP contribution in [0.15, 0.2) is 126 Å². The maximum Gasteiger partial charge on any atom is 0.0798 e. The van der Waals surface area contributed by atoms with Crippen molar-refractivity contribution < 1.29 is 24.5 Å².